The molecule has 1 aromatic heterocycles. The van der Waals surface area contributed by atoms with E-state index in [1.807, 2.05) is 30.9 Å². The van der Waals surface area contributed by atoms with Crippen LogP contribution in [-0.2, 0) is 4.79 Å². The van der Waals surface area contributed by atoms with Crippen LogP contribution in [-0.4, -0.2) is 35.0 Å². The minimum Gasteiger partial charge on any atom is -0.488 e. The number of allylic oxidation sites excluding steroid dienone is 1. The van der Waals surface area contributed by atoms with E-state index in [2.05, 4.69) is 4.98 Å². The molecule has 1 amide bonds. The largest absolute Gasteiger partial charge is 0.488 e. The van der Waals surface area contributed by atoms with Gasteiger partial charge in [-0.2, -0.15) is 0 Å². The zero-order valence-electron chi connectivity index (χ0n) is 10.8. The summed E-state index contributed by atoms with van der Waals surface area (Å²) in [6.07, 6.45) is 6.05. The molecule has 0 aliphatic carbocycles. The van der Waals surface area contributed by atoms with Gasteiger partial charge in [-0.1, -0.05) is 5.57 Å². The fraction of sp³-hybridized carbons (Fsp3) is 0.429. The predicted molar refractivity (Wildman–Crippen MR) is 69.3 cm³/mol. The Hall–Kier alpha value is -1.84. The van der Waals surface area contributed by atoms with E-state index in [-0.39, 0.29) is 12.0 Å². The molecule has 0 radical (unpaired) electrons. The van der Waals surface area contributed by atoms with E-state index < -0.39 is 0 Å². The van der Waals surface area contributed by atoms with Gasteiger partial charge in [-0.25, -0.2) is 0 Å². The lowest BCUT2D eigenvalue weighted by atomic mass is 10.3. The first-order valence-corrected chi connectivity index (χ1v) is 6.15. The highest BCUT2D eigenvalue weighted by Crippen LogP contribution is 2.17. The van der Waals surface area contributed by atoms with Gasteiger partial charge in [-0.3, -0.25) is 9.78 Å². The maximum Gasteiger partial charge on any atom is 0.246 e. The molecule has 1 fully saturated rings. The van der Waals surface area contributed by atoms with Crippen LogP contribution in [0, 0.1) is 0 Å². The Labute approximate surface area is 107 Å². The fourth-order valence-electron chi connectivity index (χ4n) is 1.97. The van der Waals surface area contributed by atoms with Crippen LogP contribution in [0.15, 0.2) is 36.2 Å². The molecule has 1 aliphatic heterocycles. The van der Waals surface area contributed by atoms with Crippen molar-refractivity contribution in [3.63, 3.8) is 0 Å². The van der Waals surface area contributed by atoms with Crippen molar-refractivity contribution in [3.05, 3.63) is 36.2 Å². The molecule has 1 saturated heterocycles. The van der Waals surface area contributed by atoms with Crippen molar-refractivity contribution >= 4 is 5.91 Å². The standard InChI is InChI=1S/C14H18N2O2/c1-11(2)9-14(17)16-8-5-13(10-16)18-12-3-6-15-7-4-12/h3-4,6-7,9,13H,5,8,10H2,1-2H3/t13-/m1/s1. The number of aromatic nitrogens is 1. The van der Waals surface area contributed by atoms with E-state index in [1.54, 1.807) is 18.5 Å². The highest BCUT2D eigenvalue weighted by molar-refractivity contribution is 5.88. The number of hydrogen-bond donors (Lipinski definition) is 0. The van der Waals surface area contributed by atoms with Crippen molar-refractivity contribution in [3.8, 4) is 5.75 Å². The van der Waals surface area contributed by atoms with Gasteiger partial charge in [-0.15, -0.1) is 0 Å². The summed E-state index contributed by atoms with van der Waals surface area (Å²) < 4.78 is 5.81. The zero-order chi connectivity index (χ0) is 13.0. The number of carbonyl (C=O) groups is 1. The van der Waals surface area contributed by atoms with Gasteiger partial charge < -0.3 is 9.64 Å². The third-order valence-corrected chi connectivity index (χ3v) is 2.82. The third-order valence-electron chi connectivity index (χ3n) is 2.82. The summed E-state index contributed by atoms with van der Waals surface area (Å²) in [5.41, 5.74) is 1.03. The Bertz CT molecular complexity index is 438. The number of hydrogen-bond acceptors (Lipinski definition) is 3. The van der Waals surface area contributed by atoms with Crippen LogP contribution in [0.5, 0.6) is 5.75 Å². The lowest BCUT2D eigenvalue weighted by Crippen LogP contribution is -2.29. The molecule has 0 bridgehead atoms. The second-order valence-corrected chi connectivity index (χ2v) is 4.72. The lowest BCUT2D eigenvalue weighted by molar-refractivity contribution is -0.125. The van der Waals surface area contributed by atoms with E-state index in [9.17, 15) is 4.79 Å². The molecule has 4 nitrogen and oxygen atoms in total. The molecule has 0 spiro atoms. The van der Waals surface area contributed by atoms with Gasteiger partial charge in [0.2, 0.25) is 5.91 Å². The van der Waals surface area contributed by atoms with E-state index in [0.717, 1.165) is 24.3 Å². The van der Waals surface area contributed by atoms with Crippen molar-refractivity contribution in [2.45, 2.75) is 26.4 Å². The summed E-state index contributed by atoms with van der Waals surface area (Å²) >= 11 is 0. The number of nitrogens with zero attached hydrogens (tertiary/aromatic N) is 2. The molecule has 0 saturated carbocycles. The lowest BCUT2D eigenvalue weighted by Gasteiger charge is -2.15. The predicted octanol–water partition coefficient (Wildman–Crippen LogP) is 2.03. The second-order valence-electron chi connectivity index (χ2n) is 4.72. The van der Waals surface area contributed by atoms with Gasteiger partial charge >= 0.3 is 0 Å². The summed E-state index contributed by atoms with van der Waals surface area (Å²) in [7, 11) is 0. The smallest absolute Gasteiger partial charge is 0.246 e. The van der Waals surface area contributed by atoms with Crippen molar-refractivity contribution in [2.75, 3.05) is 13.1 Å². The molecule has 2 heterocycles. The summed E-state index contributed by atoms with van der Waals surface area (Å²) in [6.45, 7) is 5.28. The SMILES string of the molecule is CC(C)=CC(=O)N1CC[C@@H](Oc2ccncc2)C1. The van der Waals surface area contributed by atoms with Crippen molar-refractivity contribution < 1.29 is 9.53 Å². The van der Waals surface area contributed by atoms with Crippen molar-refractivity contribution in [1.82, 2.24) is 9.88 Å². The molecular formula is C14H18N2O2. The van der Waals surface area contributed by atoms with Crippen LogP contribution in [0.3, 0.4) is 0 Å². The van der Waals surface area contributed by atoms with Gasteiger partial charge in [0.05, 0.1) is 6.54 Å². The second kappa shape index (κ2) is 5.67. The highest BCUT2D eigenvalue weighted by atomic mass is 16.5. The Morgan fingerprint density at radius 2 is 2.17 bits per heavy atom. The quantitative estimate of drug-likeness (QED) is 0.766. The monoisotopic (exact) mass is 246 g/mol. The van der Waals surface area contributed by atoms with Crippen molar-refractivity contribution in [1.29, 1.82) is 0 Å². The number of carbonyl (C=O) groups excluding carboxylic acids is 1. The van der Waals surface area contributed by atoms with Gasteiger partial charge in [0.25, 0.3) is 0 Å². The summed E-state index contributed by atoms with van der Waals surface area (Å²) in [5, 5.41) is 0. The molecule has 0 aromatic carbocycles. The zero-order valence-corrected chi connectivity index (χ0v) is 10.8. The van der Waals surface area contributed by atoms with Crippen LogP contribution < -0.4 is 4.74 Å². The molecule has 18 heavy (non-hydrogen) atoms. The fourth-order valence-corrected chi connectivity index (χ4v) is 1.97. The van der Waals surface area contributed by atoms with Crippen LogP contribution in [0.2, 0.25) is 0 Å². The minimum absolute atomic E-state index is 0.0795. The van der Waals surface area contributed by atoms with E-state index >= 15 is 0 Å². The van der Waals surface area contributed by atoms with Gasteiger partial charge in [0.15, 0.2) is 0 Å². The van der Waals surface area contributed by atoms with Gasteiger partial charge in [0.1, 0.15) is 11.9 Å². The highest BCUT2D eigenvalue weighted by Gasteiger charge is 2.26. The first kappa shape index (κ1) is 12.6. The number of ether oxygens (including phenoxy) is 1. The maximum atomic E-state index is 11.8. The third kappa shape index (κ3) is 3.32. The number of rotatable bonds is 3. The number of amides is 1. The van der Waals surface area contributed by atoms with E-state index in [4.69, 9.17) is 4.74 Å². The molecule has 1 aliphatic rings. The molecule has 1 aromatic rings. The summed E-state index contributed by atoms with van der Waals surface area (Å²) in [4.78, 5) is 17.6. The molecule has 2 rings (SSSR count). The van der Waals surface area contributed by atoms with Crippen LogP contribution in [0.1, 0.15) is 20.3 Å². The molecule has 1 atom stereocenters. The summed E-state index contributed by atoms with van der Waals surface area (Å²) in [5.74, 6) is 0.891. The van der Waals surface area contributed by atoms with Crippen LogP contribution >= 0.6 is 0 Å². The first-order chi connectivity index (χ1) is 8.65. The molecule has 0 unspecified atom stereocenters. The molecule has 0 N–H and O–H groups in total. The Balaban J connectivity index is 1.89. The molecule has 96 valence electrons. The van der Waals surface area contributed by atoms with Gasteiger partial charge in [-0.05, 0) is 26.0 Å². The average Bonchev–Trinajstić information content (AvgIpc) is 2.78. The van der Waals surface area contributed by atoms with Crippen LogP contribution in [0.4, 0.5) is 0 Å². The first-order valence-electron chi connectivity index (χ1n) is 6.15. The average molecular weight is 246 g/mol. The van der Waals surface area contributed by atoms with Crippen LogP contribution in [0.25, 0.3) is 0 Å². The van der Waals surface area contributed by atoms with Gasteiger partial charge in [0, 0.05) is 31.4 Å². The van der Waals surface area contributed by atoms with E-state index in [0.29, 0.717) is 6.54 Å². The number of likely N-dealkylation sites (tertiary alicyclic amines) is 1. The topological polar surface area (TPSA) is 42.4 Å². The normalized spacial score (nSPS) is 18.6. The minimum atomic E-state index is 0.0795. The Morgan fingerprint density at radius 3 is 2.83 bits per heavy atom. The van der Waals surface area contributed by atoms with Crippen molar-refractivity contribution in [2.24, 2.45) is 0 Å². The molecular weight excluding hydrogens is 228 g/mol. The maximum absolute atomic E-state index is 11.8. The van der Waals surface area contributed by atoms with E-state index in [1.165, 1.54) is 0 Å². The number of pyridine rings is 1. The molecule has 4 heteroatoms. The Kier molecular flexibility index (Phi) is 3.97. The Morgan fingerprint density at radius 1 is 1.44 bits per heavy atom. The summed E-state index contributed by atoms with van der Waals surface area (Å²) in [6, 6.07) is 3.67.